The highest BCUT2D eigenvalue weighted by Crippen LogP contribution is 2.15. The Morgan fingerprint density at radius 3 is 2.70 bits per heavy atom. The third kappa shape index (κ3) is 2.66. The van der Waals surface area contributed by atoms with Gasteiger partial charge in [-0.3, -0.25) is 14.2 Å². The average Bonchev–Trinajstić information content (AvgIpc) is 3.04. The van der Waals surface area contributed by atoms with Crippen LogP contribution in [0.3, 0.4) is 0 Å². The van der Waals surface area contributed by atoms with Gasteiger partial charge in [-0.15, -0.1) is 0 Å². The number of aromatic nitrogens is 4. The number of nitrogens with two attached hydrogens (primary N) is 1. The maximum atomic E-state index is 12.3. The molecule has 2 aromatic rings. The lowest BCUT2D eigenvalue weighted by Gasteiger charge is -2.13. The summed E-state index contributed by atoms with van der Waals surface area (Å²) >= 11 is 0. The maximum absolute atomic E-state index is 12.3. The van der Waals surface area contributed by atoms with Gasteiger partial charge in [0, 0.05) is 24.8 Å². The molecular formula is C13H20N6O. The van der Waals surface area contributed by atoms with Crippen molar-refractivity contribution < 1.29 is 4.79 Å². The standard InChI is InChI=1S/C13H20N6O/c1-4-18-8-10(6-15-18)9(3)17-13(20)12-11(14)7-16-19(12)5-2/h6-9H,4-5,14H2,1-3H3,(H,17,20). The number of carbonyl (C=O) groups excluding carboxylic acids is 1. The number of carbonyl (C=O) groups is 1. The first-order valence-corrected chi connectivity index (χ1v) is 6.71. The molecule has 0 saturated heterocycles. The molecule has 0 radical (unpaired) electrons. The van der Waals surface area contributed by atoms with Crippen molar-refractivity contribution in [1.29, 1.82) is 0 Å². The molecule has 1 unspecified atom stereocenters. The van der Waals surface area contributed by atoms with Gasteiger partial charge in [-0.1, -0.05) is 0 Å². The molecule has 0 aliphatic rings. The summed E-state index contributed by atoms with van der Waals surface area (Å²) in [6.07, 6.45) is 5.18. The first-order valence-electron chi connectivity index (χ1n) is 6.71. The van der Waals surface area contributed by atoms with E-state index in [0.717, 1.165) is 12.1 Å². The van der Waals surface area contributed by atoms with Crippen molar-refractivity contribution in [2.75, 3.05) is 5.73 Å². The third-order valence-corrected chi connectivity index (χ3v) is 3.21. The molecule has 0 aromatic carbocycles. The van der Waals surface area contributed by atoms with E-state index in [4.69, 9.17) is 5.73 Å². The largest absolute Gasteiger partial charge is 0.396 e. The SMILES string of the molecule is CCn1cc(C(C)NC(=O)c2c(N)cnn2CC)cn1. The Morgan fingerprint density at radius 2 is 2.10 bits per heavy atom. The van der Waals surface area contributed by atoms with E-state index in [0.29, 0.717) is 17.9 Å². The lowest BCUT2D eigenvalue weighted by molar-refractivity contribution is 0.0930. The molecule has 0 aliphatic heterocycles. The van der Waals surface area contributed by atoms with Crippen LogP contribution in [0.15, 0.2) is 18.6 Å². The highest BCUT2D eigenvalue weighted by molar-refractivity contribution is 5.97. The van der Waals surface area contributed by atoms with E-state index in [9.17, 15) is 4.79 Å². The fraction of sp³-hybridized carbons (Fsp3) is 0.462. The van der Waals surface area contributed by atoms with Gasteiger partial charge < -0.3 is 11.1 Å². The number of anilines is 1. The summed E-state index contributed by atoms with van der Waals surface area (Å²) < 4.78 is 3.41. The Balaban J connectivity index is 2.12. The molecule has 2 rings (SSSR count). The normalized spacial score (nSPS) is 12.3. The number of nitrogen functional groups attached to an aromatic ring is 1. The Kier molecular flexibility index (Phi) is 4.07. The summed E-state index contributed by atoms with van der Waals surface area (Å²) in [5, 5.41) is 11.2. The Labute approximate surface area is 117 Å². The first kappa shape index (κ1) is 14.1. The number of hydrogen-bond donors (Lipinski definition) is 2. The summed E-state index contributed by atoms with van der Waals surface area (Å²) in [6, 6.07) is -0.137. The van der Waals surface area contributed by atoms with Gasteiger partial charge in [0.25, 0.3) is 5.91 Å². The van der Waals surface area contributed by atoms with E-state index in [2.05, 4.69) is 15.5 Å². The smallest absolute Gasteiger partial charge is 0.272 e. The highest BCUT2D eigenvalue weighted by atomic mass is 16.2. The van der Waals surface area contributed by atoms with E-state index >= 15 is 0 Å². The molecule has 0 fully saturated rings. The van der Waals surface area contributed by atoms with E-state index in [-0.39, 0.29) is 11.9 Å². The molecule has 1 atom stereocenters. The molecule has 3 N–H and O–H groups in total. The van der Waals surface area contributed by atoms with E-state index in [1.165, 1.54) is 6.20 Å². The number of aryl methyl sites for hydroxylation is 2. The van der Waals surface area contributed by atoms with Crippen LogP contribution < -0.4 is 11.1 Å². The van der Waals surface area contributed by atoms with Crippen LogP contribution in [0.4, 0.5) is 5.69 Å². The van der Waals surface area contributed by atoms with Gasteiger partial charge in [0.05, 0.1) is 24.1 Å². The number of rotatable bonds is 5. The van der Waals surface area contributed by atoms with Crippen molar-refractivity contribution in [2.24, 2.45) is 0 Å². The first-order chi connectivity index (χ1) is 9.56. The second kappa shape index (κ2) is 5.77. The zero-order valence-electron chi connectivity index (χ0n) is 12.0. The van der Waals surface area contributed by atoms with Crippen LogP contribution >= 0.6 is 0 Å². The Morgan fingerprint density at radius 1 is 1.35 bits per heavy atom. The Bertz CT molecular complexity index is 600. The lowest BCUT2D eigenvalue weighted by Crippen LogP contribution is -2.29. The molecule has 2 heterocycles. The summed E-state index contributed by atoms with van der Waals surface area (Å²) in [6.45, 7) is 7.24. The third-order valence-electron chi connectivity index (χ3n) is 3.21. The molecule has 0 spiro atoms. The van der Waals surface area contributed by atoms with Crippen LogP contribution in [-0.2, 0) is 13.1 Å². The van der Waals surface area contributed by atoms with Gasteiger partial charge in [-0.25, -0.2) is 0 Å². The fourth-order valence-electron chi connectivity index (χ4n) is 2.01. The predicted molar refractivity (Wildman–Crippen MR) is 76.1 cm³/mol. The minimum atomic E-state index is -0.224. The van der Waals surface area contributed by atoms with Crippen LogP contribution in [0, 0.1) is 0 Å². The molecule has 2 aromatic heterocycles. The molecule has 1 amide bonds. The second-order valence-electron chi connectivity index (χ2n) is 4.59. The summed E-state index contributed by atoms with van der Waals surface area (Å²) in [4.78, 5) is 12.3. The van der Waals surface area contributed by atoms with E-state index in [1.54, 1.807) is 10.9 Å². The number of hydrogen-bond acceptors (Lipinski definition) is 4. The van der Waals surface area contributed by atoms with Crippen molar-refractivity contribution in [3.63, 3.8) is 0 Å². The van der Waals surface area contributed by atoms with Gasteiger partial charge in [0.2, 0.25) is 0 Å². The molecule has 7 nitrogen and oxygen atoms in total. The highest BCUT2D eigenvalue weighted by Gasteiger charge is 2.19. The van der Waals surface area contributed by atoms with Gasteiger partial charge in [-0.05, 0) is 20.8 Å². The topological polar surface area (TPSA) is 90.8 Å². The fourth-order valence-corrected chi connectivity index (χ4v) is 2.01. The van der Waals surface area contributed by atoms with Gasteiger partial charge in [0.15, 0.2) is 0 Å². The van der Waals surface area contributed by atoms with Gasteiger partial charge in [-0.2, -0.15) is 10.2 Å². The quantitative estimate of drug-likeness (QED) is 0.858. The average molecular weight is 276 g/mol. The van der Waals surface area contributed by atoms with Gasteiger partial charge >= 0.3 is 0 Å². The van der Waals surface area contributed by atoms with Crippen molar-refractivity contribution in [2.45, 2.75) is 39.9 Å². The van der Waals surface area contributed by atoms with Crippen molar-refractivity contribution in [3.8, 4) is 0 Å². The Hall–Kier alpha value is -2.31. The predicted octanol–water partition coefficient (Wildman–Crippen LogP) is 1.19. The van der Waals surface area contributed by atoms with Crippen LogP contribution in [0.1, 0.15) is 42.9 Å². The van der Waals surface area contributed by atoms with Crippen LogP contribution in [0.25, 0.3) is 0 Å². The summed E-state index contributed by atoms with van der Waals surface area (Å²) in [7, 11) is 0. The minimum absolute atomic E-state index is 0.137. The lowest BCUT2D eigenvalue weighted by atomic mass is 10.2. The second-order valence-corrected chi connectivity index (χ2v) is 4.59. The number of amides is 1. The maximum Gasteiger partial charge on any atom is 0.272 e. The van der Waals surface area contributed by atoms with Crippen LogP contribution in [0.2, 0.25) is 0 Å². The molecule has 108 valence electrons. The van der Waals surface area contributed by atoms with Crippen LogP contribution in [-0.4, -0.2) is 25.5 Å². The van der Waals surface area contributed by atoms with Crippen molar-refractivity contribution in [3.05, 3.63) is 29.8 Å². The molecular weight excluding hydrogens is 256 g/mol. The summed E-state index contributed by atoms with van der Waals surface area (Å²) in [5.41, 5.74) is 7.55. The molecule has 20 heavy (non-hydrogen) atoms. The van der Waals surface area contributed by atoms with Gasteiger partial charge in [0.1, 0.15) is 5.69 Å². The molecule has 0 bridgehead atoms. The molecule has 0 aliphatic carbocycles. The van der Waals surface area contributed by atoms with Crippen LogP contribution in [0.5, 0.6) is 0 Å². The monoisotopic (exact) mass is 276 g/mol. The minimum Gasteiger partial charge on any atom is -0.396 e. The summed E-state index contributed by atoms with van der Waals surface area (Å²) in [5.74, 6) is -0.224. The number of nitrogens with one attached hydrogen (secondary N) is 1. The van der Waals surface area contributed by atoms with E-state index in [1.807, 2.05) is 31.6 Å². The zero-order valence-corrected chi connectivity index (χ0v) is 12.0. The van der Waals surface area contributed by atoms with Crippen molar-refractivity contribution in [1.82, 2.24) is 24.9 Å². The molecule has 7 heteroatoms. The molecule has 0 saturated carbocycles. The van der Waals surface area contributed by atoms with Crippen molar-refractivity contribution >= 4 is 11.6 Å². The zero-order chi connectivity index (χ0) is 14.7. The number of nitrogens with zero attached hydrogens (tertiary/aromatic N) is 4. The van der Waals surface area contributed by atoms with E-state index < -0.39 is 0 Å².